The average Bonchev–Trinajstić information content (AvgIpc) is 2.87. The van der Waals surface area contributed by atoms with E-state index in [0.717, 1.165) is 21.3 Å². The first-order valence-electron chi connectivity index (χ1n) is 7.60. The highest BCUT2D eigenvalue weighted by Crippen LogP contribution is 2.38. The van der Waals surface area contributed by atoms with Gasteiger partial charge in [0, 0.05) is 27.2 Å². The van der Waals surface area contributed by atoms with E-state index < -0.39 is 0 Å². The Hall–Kier alpha value is -1.76. The smallest absolute Gasteiger partial charge is 0.255 e. The molecule has 3 rings (SSSR count). The minimum Gasteiger partial charge on any atom is -0.492 e. The molecule has 0 saturated carbocycles. The average molecular weight is 423 g/mol. The van der Waals surface area contributed by atoms with Crippen molar-refractivity contribution < 1.29 is 14.3 Å². The fourth-order valence-corrected chi connectivity index (χ4v) is 2.97. The van der Waals surface area contributed by atoms with Crippen LogP contribution in [-0.4, -0.2) is 18.6 Å². The molecule has 23 heavy (non-hydrogen) atoms. The van der Waals surface area contributed by atoms with E-state index in [2.05, 4.69) is 27.9 Å². The van der Waals surface area contributed by atoms with E-state index in [4.69, 9.17) is 9.47 Å². The number of carbonyl (C=O) groups is 1. The minimum atomic E-state index is -0.159. The third-order valence-electron chi connectivity index (χ3n) is 3.65. The molecule has 0 unspecified atom stereocenters. The van der Waals surface area contributed by atoms with Crippen LogP contribution in [-0.2, 0) is 6.42 Å². The molecule has 2 aromatic rings. The molecule has 0 aromatic heterocycles. The van der Waals surface area contributed by atoms with Gasteiger partial charge in [0.2, 0.25) is 0 Å². The maximum Gasteiger partial charge on any atom is 0.255 e. The van der Waals surface area contributed by atoms with Gasteiger partial charge in [-0.2, -0.15) is 0 Å². The van der Waals surface area contributed by atoms with E-state index >= 15 is 0 Å². The van der Waals surface area contributed by atoms with Gasteiger partial charge in [-0.25, -0.2) is 0 Å². The van der Waals surface area contributed by atoms with Crippen molar-refractivity contribution in [1.82, 2.24) is 0 Å². The third-order valence-corrected chi connectivity index (χ3v) is 4.37. The number of nitrogens with one attached hydrogen (secondary N) is 1. The lowest BCUT2D eigenvalue weighted by Crippen LogP contribution is -2.13. The number of carbonyl (C=O) groups excluding carboxylic acids is 1. The lowest BCUT2D eigenvalue weighted by Gasteiger charge is -2.13. The van der Waals surface area contributed by atoms with Crippen LogP contribution in [0.2, 0.25) is 0 Å². The summed E-state index contributed by atoms with van der Waals surface area (Å²) >= 11 is 2.21. The fraction of sp³-hybridized carbons (Fsp3) is 0.278. The monoisotopic (exact) mass is 423 g/mol. The molecule has 1 aliphatic heterocycles. The Labute approximate surface area is 149 Å². The predicted octanol–water partition coefficient (Wildman–Crippen LogP) is 4.27. The van der Waals surface area contributed by atoms with Gasteiger partial charge in [-0.05, 0) is 66.8 Å². The Balaban J connectivity index is 1.88. The van der Waals surface area contributed by atoms with Crippen molar-refractivity contribution in [2.75, 3.05) is 11.9 Å². The molecule has 1 atom stereocenters. The molecule has 1 amide bonds. The van der Waals surface area contributed by atoms with Crippen LogP contribution >= 0.6 is 22.6 Å². The molecule has 0 aliphatic carbocycles. The molecule has 1 N–H and O–H groups in total. The van der Waals surface area contributed by atoms with Crippen molar-refractivity contribution in [2.45, 2.75) is 26.4 Å². The zero-order valence-electron chi connectivity index (χ0n) is 13.1. The van der Waals surface area contributed by atoms with Gasteiger partial charge in [-0.15, -0.1) is 0 Å². The number of anilines is 1. The highest BCUT2D eigenvalue weighted by Gasteiger charge is 2.22. The Morgan fingerprint density at radius 1 is 1.35 bits per heavy atom. The van der Waals surface area contributed by atoms with Crippen LogP contribution in [0.25, 0.3) is 0 Å². The number of benzene rings is 2. The topological polar surface area (TPSA) is 47.6 Å². The summed E-state index contributed by atoms with van der Waals surface area (Å²) in [6.07, 6.45) is 1.02. The zero-order chi connectivity index (χ0) is 16.4. The maximum absolute atomic E-state index is 12.4. The number of hydrogen-bond acceptors (Lipinski definition) is 3. The third kappa shape index (κ3) is 3.60. The van der Waals surface area contributed by atoms with Crippen molar-refractivity contribution in [3.05, 3.63) is 51.1 Å². The molecule has 4 nitrogen and oxygen atoms in total. The predicted molar refractivity (Wildman–Crippen MR) is 98.5 cm³/mol. The summed E-state index contributed by atoms with van der Waals surface area (Å²) in [6.45, 7) is 4.50. The lowest BCUT2D eigenvalue weighted by molar-refractivity contribution is 0.102. The molecule has 5 heteroatoms. The molecule has 120 valence electrons. The molecule has 0 spiro atoms. The van der Waals surface area contributed by atoms with E-state index in [1.165, 1.54) is 0 Å². The highest BCUT2D eigenvalue weighted by atomic mass is 127. The van der Waals surface area contributed by atoms with E-state index in [0.29, 0.717) is 23.6 Å². The molecule has 1 aliphatic rings. The summed E-state index contributed by atoms with van der Waals surface area (Å²) < 4.78 is 12.5. The summed E-state index contributed by atoms with van der Waals surface area (Å²) in [5, 5.41) is 2.93. The molecule has 0 saturated heterocycles. The van der Waals surface area contributed by atoms with Crippen LogP contribution in [0.15, 0.2) is 36.4 Å². The van der Waals surface area contributed by atoms with Crippen LogP contribution in [0.4, 0.5) is 5.69 Å². The molecular weight excluding hydrogens is 405 g/mol. The van der Waals surface area contributed by atoms with Crippen LogP contribution < -0.4 is 14.8 Å². The van der Waals surface area contributed by atoms with Crippen molar-refractivity contribution >= 4 is 34.2 Å². The van der Waals surface area contributed by atoms with E-state index in [1.807, 2.05) is 50.2 Å². The van der Waals surface area contributed by atoms with Gasteiger partial charge in [0.15, 0.2) is 0 Å². The van der Waals surface area contributed by atoms with Crippen molar-refractivity contribution in [1.29, 1.82) is 0 Å². The zero-order valence-corrected chi connectivity index (χ0v) is 15.2. The van der Waals surface area contributed by atoms with Gasteiger partial charge in [0.05, 0.1) is 12.3 Å². The standard InChI is InChI=1S/C18H18INO3/c1-3-22-17-9-13-8-11(2)23-16(13)10-15(17)20-18(21)12-4-6-14(19)7-5-12/h4-7,9-11H,3,8H2,1-2H3,(H,20,21)/t11-/m0/s1. The normalized spacial score (nSPS) is 15.7. The van der Waals surface area contributed by atoms with Crippen LogP contribution in [0.1, 0.15) is 29.8 Å². The molecule has 2 aromatic carbocycles. The number of hydrogen-bond donors (Lipinski definition) is 1. The Bertz CT molecular complexity index is 728. The summed E-state index contributed by atoms with van der Waals surface area (Å²) in [6, 6.07) is 11.3. The van der Waals surface area contributed by atoms with E-state index in [1.54, 1.807) is 0 Å². The summed E-state index contributed by atoms with van der Waals surface area (Å²) in [4.78, 5) is 12.4. The molecule has 1 heterocycles. The molecule has 0 radical (unpaired) electrons. The van der Waals surface area contributed by atoms with Crippen molar-refractivity contribution in [2.24, 2.45) is 0 Å². The lowest BCUT2D eigenvalue weighted by atomic mass is 10.1. The number of ether oxygens (including phenoxy) is 2. The minimum absolute atomic E-state index is 0.154. The number of halogens is 1. The summed E-state index contributed by atoms with van der Waals surface area (Å²) in [7, 11) is 0. The first-order valence-corrected chi connectivity index (χ1v) is 8.68. The van der Waals surface area contributed by atoms with Gasteiger partial charge < -0.3 is 14.8 Å². The van der Waals surface area contributed by atoms with Crippen molar-refractivity contribution in [3.63, 3.8) is 0 Å². The second kappa shape index (κ2) is 6.78. The molecule has 0 bridgehead atoms. The number of fused-ring (bicyclic) bond motifs is 1. The van der Waals surface area contributed by atoms with Crippen LogP contribution in [0.5, 0.6) is 11.5 Å². The molecule has 0 fully saturated rings. The Morgan fingerprint density at radius 2 is 2.09 bits per heavy atom. The number of amides is 1. The second-order valence-electron chi connectivity index (χ2n) is 5.48. The Kier molecular flexibility index (Phi) is 4.75. The van der Waals surface area contributed by atoms with Crippen LogP contribution in [0.3, 0.4) is 0 Å². The van der Waals surface area contributed by atoms with Gasteiger partial charge >= 0.3 is 0 Å². The maximum atomic E-state index is 12.4. The summed E-state index contributed by atoms with van der Waals surface area (Å²) in [5.41, 5.74) is 2.37. The Morgan fingerprint density at radius 3 is 2.78 bits per heavy atom. The van der Waals surface area contributed by atoms with Gasteiger partial charge in [-0.3, -0.25) is 4.79 Å². The second-order valence-corrected chi connectivity index (χ2v) is 6.73. The largest absolute Gasteiger partial charge is 0.492 e. The van der Waals surface area contributed by atoms with Gasteiger partial charge in [-0.1, -0.05) is 0 Å². The van der Waals surface area contributed by atoms with Gasteiger partial charge in [0.1, 0.15) is 17.6 Å². The highest BCUT2D eigenvalue weighted by molar-refractivity contribution is 14.1. The van der Waals surface area contributed by atoms with Gasteiger partial charge in [0.25, 0.3) is 5.91 Å². The quantitative estimate of drug-likeness (QED) is 0.748. The molecular formula is C18H18INO3. The van der Waals surface area contributed by atoms with Crippen molar-refractivity contribution in [3.8, 4) is 11.5 Å². The fourth-order valence-electron chi connectivity index (χ4n) is 2.61. The first kappa shape index (κ1) is 16.1. The van der Waals surface area contributed by atoms with E-state index in [-0.39, 0.29) is 12.0 Å². The first-order chi connectivity index (χ1) is 11.1. The van der Waals surface area contributed by atoms with E-state index in [9.17, 15) is 4.79 Å². The number of rotatable bonds is 4. The van der Waals surface area contributed by atoms with Crippen LogP contribution in [0, 0.1) is 3.57 Å². The summed E-state index contributed by atoms with van der Waals surface area (Å²) in [5.74, 6) is 1.34. The SMILES string of the molecule is CCOc1cc2c(cc1NC(=O)c1ccc(I)cc1)O[C@@H](C)C2.